The molecular weight excluding hydrogens is 258 g/mol. The van der Waals surface area contributed by atoms with Gasteiger partial charge in [-0.25, -0.2) is 9.78 Å². The number of carbonyl (C=O) groups excluding carboxylic acids is 1. The number of imidazole rings is 1. The quantitative estimate of drug-likeness (QED) is 0.867. The second-order valence-electron chi connectivity index (χ2n) is 5.09. The molecule has 6 heteroatoms. The first-order valence-electron chi connectivity index (χ1n) is 6.44. The number of pyridine rings is 1. The molecule has 2 aromatic heterocycles. The lowest BCUT2D eigenvalue weighted by atomic mass is 10.0. The van der Waals surface area contributed by atoms with Crippen LogP contribution >= 0.6 is 0 Å². The molecule has 0 fully saturated rings. The number of amides is 1. The minimum absolute atomic E-state index is 0.178. The van der Waals surface area contributed by atoms with E-state index in [-0.39, 0.29) is 11.6 Å². The molecule has 0 aliphatic carbocycles. The smallest absolute Gasteiger partial charge is 0.326 e. The lowest BCUT2D eigenvalue weighted by Gasteiger charge is -2.15. The number of carbonyl (C=O) groups is 2. The van der Waals surface area contributed by atoms with Crippen molar-refractivity contribution in [1.82, 2.24) is 14.7 Å². The molecule has 0 bridgehead atoms. The van der Waals surface area contributed by atoms with Crippen molar-refractivity contribution < 1.29 is 14.7 Å². The lowest BCUT2D eigenvalue weighted by Crippen LogP contribution is -2.41. The first-order chi connectivity index (χ1) is 9.47. The summed E-state index contributed by atoms with van der Waals surface area (Å²) in [6, 6.07) is 4.53. The van der Waals surface area contributed by atoms with Gasteiger partial charge in [-0.05, 0) is 24.5 Å². The molecule has 0 saturated carbocycles. The van der Waals surface area contributed by atoms with E-state index in [0.717, 1.165) is 0 Å². The maximum absolute atomic E-state index is 12.1. The number of fused-ring (bicyclic) bond motifs is 1. The Morgan fingerprint density at radius 2 is 2.15 bits per heavy atom. The van der Waals surface area contributed by atoms with Crippen LogP contribution in [0, 0.1) is 5.92 Å². The number of rotatable bonds is 5. The van der Waals surface area contributed by atoms with Crippen molar-refractivity contribution >= 4 is 17.5 Å². The van der Waals surface area contributed by atoms with E-state index in [1.165, 1.54) is 0 Å². The lowest BCUT2D eigenvalue weighted by molar-refractivity contribution is -0.139. The Balaban J connectivity index is 2.15. The fraction of sp³-hybridized carbons (Fsp3) is 0.357. The summed E-state index contributed by atoms with van der Waals surface area (Å²) in [5, 5.41) is 11.6. The molecular formula is C14H17N3O3. The highest BCUT2D eigenvalue weighted by Crippen LogP contribution is 2.08. The Kier molecular flexibility index (Phi) is 4.02. The normalized spacial score (nSPS) is 12.6. The minimum Gasteiger partial charge on any atom is -0.480 e. The monoisotopic (exact) mass is 275 g/mol. The van der Waals surface area contributed by atoms with E-state index in [2.05, 4.69) is 10.3 Å². The van der Waals surface area contributed by atoms with E-state index < -0.39 is 17.9 Å². The molecule has 6 nitrogen and oxygen atoms in total. The zero-order valence-electron chi connectivity index (χ0n) is 11.4. The van der Waals surface area contributed by atoms with E-state index in [1.807, 2.05) is 26.0 Å². The molecule has 2 heterocycles. The number of nitrogens with one attached hydrogen (secondary N) is 1. The molecule has 1 amide bonds. The van der Waals surface area contributed by atoms with Crippen molar-refractivity contribution in [2.24, 2.45) is 5.92 Å². The van der Waals surface area contributed by atoms with E-state index in [0.29, 0.717) is 12.1 Å². The van der Waals surface area contributed by atoms with Gasteiger partial charge in [0.1, 0.15) is 17.4 Å². The van der Waals surface area contributed by atoms with Crippen molar-refractivity contribution in [2.45, 2.75) is 26.3 Å². The van der Waals surface area contributed by atoms with Gasteiger partial charge in [0.25, 0.3) is 5.91 Å². The molecule has 0 spiro atoms. The summed E-state index contributed by atoms with van der Waals surface area (Å²) in [4.78, 5) is 27.4. The van der Waals surface area contributed by atoms with Gasteiger partial charge in [-0.15, -0.1) is 0 Å². The second-order valence-corrected chi connectivity index (χ2v) is 5.09. The van der Waals surface area contributed by atoms with Crippen molar-refractivity contribution in [2.75, 3.05) is 0 Å². The summed E-state index contributed by atoms with van der Waals surface area (Å²) in [6.45, 7) is 3.82. The van der Waals surface area contributed by atoms with Crippen LogP contribution in [-0.2, 0) is 4.79 Å². The topological polar surface area (TPSA) is 83.7 Å². The van der Waals surface area contributed by atoms with Crippen LogP contribution in [-0.4, -0.2) is 32.4 Å². The van der Waals surface area contributed by atoms with Crippen molar-refractivity contribution in [1.29, 1.82) is 0 Å². The molecule has 1 atom stereocenters. The number of hydrogen-bond acceptors (Lipinski definition) is 3. The highest BCUT2D eigenvalue weighted by molar-refractivity contribution is 5.95. The van der Waals surface area contributed by atoms with Gasteiger partial charge in [0.05, 0.1) is 0 Å². The third-order valence-corrected chi connectivity index (χ3v) is 2.91. The van der Waals surface area contributed by atoms with Crippen LogP contribution in [0.25, 0.3) is 5.65 Å². The maximum Gasteiger partial charge on any atom is 0.326 e. The van der Waals surface area contributed by atoms with Gasteiger partial charge in [-0.2, -0.15) is 0 Å². The number of nitrogens with zero attached hydrogens (tertiary/aromatic N) is 2. The summed E-state index contributed by atoms with van der Waals surface area (Å²) >= 11 is 0. The molecule has 0 aromatic carbocycles. The minimum atomic E-state index is -1.03. The van der Waals surface area contributed by atoms with Crippen LogP contribution in [0.1, 0.15) is 30.8 Å². The molecule has 0 aliphatic rings. The van der Waals surface area contributed by atoms with Crippen LogP contribution < -0.4 is 5.32 Å². The van der Waals surface area contributed by atoms with Crippen LogP contribution in [0.4, 0.5) is 0 Å². The first-order valence-corrected chi connectivity index (χ1v) is 6.44. The first kappa shape index (κ1) is 14.0. The summed E-state index contributed by atoms with van der Waals surface area (Å²) in [5.74, 6) is -1.32. The highest BCUT2D eigenvalue weighted by Gasteiger charge is 2.22. The average molecular weight is 275 g/mol. The van der Waals surface area contributed by atoms with Crippen LogP contribution in [0.2, 0.25) is 0 Å². The standard InChI is InChI=1S/C14H17N3O3/c1-9(2)7-10(14(19)20)16-13(18)11-8-17-6-4-3-5-12(17)15-11/h3-6,8-10H,7H2,1-2H3,(H,16,18)(H,19,20). The summed E-state index contributed by atoms with van der Waals surface area (Å²) in [5.41, 5.74) is 0.861. The van der Waals surface area contributed by atoms with Gasteiger partial charge < -0.3 is 14.8 Å². The Labute approximate surface area is 116 Å². The summed E-state index contributed by atoms with van der Waals surface area (Å²) in [7, 11) is 0. The highest BCUT2D eigenvalue weighted by atomic mass is 16.4. The second kappa shape index (κ2) is 5.73. The van der Waals surface area contributed by atoms with Gasteiger partial charge in [0, 0.05) is 12.4 Å². The van der Waals surface area contributed by atoms with Crippen molar-refractivity contribution in [3.8, 4) is 0 Å². The summed E-state index contributed by atoms with van der Waals surface area (Å²) in [6.07, 6.45) is 3.75. The fourth-order valence-electron chi connectivity index (χ4n) is 1.97. The van der Waals surface area contributed by atoms with E-state index in [1.54, 1.807) is 22.9 Å². The third kappa shape index (κ3) is 3.14. The van der Waals surface area contributed by atoms with Crippen molar-refractivity contribution in [3.05, 3.63) is 36.3 Å². The molecule has 2 aromatic rings. The molecule has 0 aliphatic heterocycles. The van der Waals surface area contributed by atoms with Gasteiger partial charge in [-0.1, -0.05) is 19.9 Å². The van der Waals surface area contributed by atoms with E-state index in [9.17, 15) is 9.59 Å². The van der Waals surface area contributed by atoms with E-state index in [4.69, 9.17) is 5.11 Å². The Morgan fingerprint density at radius 1 is 1.40 bits per heavy atom. The van der Waals surface area contributed by atoms with Gasteiger partial charge >= 0.3 is 5.97 Å². The molecule has 2 rings (SSSR count). The predicted octanol–water partition coefficient (Wildman–Crippen LogP) is 1.56. The largest absolute Gasteiger partial charge is 0.480 e. The number of aromatic nitrogens is 2. The van der Waals surface area contributed by atoms with Gasteiger partial charge in [0.2, 0.25) is 0 Å². The summed E-state index contributed by atoms with van der Waals surface area (Å²) < 4.78 is 1.72. The van der Waals surface area contributed by atoms with E-state index >= 15 is 0 Å². The average Bonchev–Trinajstić information content (AvgIpc) is 2.81. The Bertz CT molecular complexity index is 600. The van der Waals surface area contributed by atoms with Crippen molar-refractivity contribution in [3.63, 3.8) is 0 Å². The predicted molar refractivity (Wildman–Crippen MR) is 73.5 cm³/mol. The Morgan fingerprint density at radius 3 is 2.75 bits per heavy atom. The number of hydrogen-bond donors (Lipinski definition) is 2. The molecule has 106 valence electrons. The van der Waals surface area contributed by atoms with Gasteiger partial charge in [-0.3, -0.25) is 4.79 Å². The number of carboxylic acids is 1. The van der Waals surface area contributed by atoms with Crippen LogP contribution in [0.15, 0.2) is 30.6 Å². The zero-order chi connectivity index (χ0) is 14.7. The number of carboxylic acid groups (broad SMARTS) is 1. The van der Waals surface area contributed by atoms with Crippen LogP contribution in [0.3, 0.4) is 0 Å². The Hall–Kier alpha value is -2.37. The fourth-order valence-corrected chi connectivity index (χ4v) is 1.97. The third-order valence-electron chi connectivity index (χ3n) is 2.91. The SMILES string of the molecule is CC(C)CC(NC(=O)c1cn2ccccc2n1)C(=O)O. The molecule has 0 saturated heterocycles. The molecule has 0 radical (unpaired) electrons. The molecule has 1 unspecified atom stereocenters. The molecule has 20 heavy (non-hydrogen) atoms. The maximum atomic E-state index is 12.1. The molecule has 2 N–H and O–H groups in total. The van der Waals surface area contributed by atoms with Gasteiger partial charge in [0.15, 0.2) is 0 Å². The zero-order valence-corrected chi connectivity index (χ0v) is 11.4. The van der Waals surface area contributed by atoms with Crippen LogP contribution in [0.5, 0.6) is 0 Å². The number of aliphatic carboxylic acids is 1.